The fourth-order valence-corrected chi connectivity index (χ4v) is 0.534. The highest BCUT2D eigenvalue weighted by Crippen LogP contribution is 1.77. The van der Waals surface area contributed by atoms with Crippen LogP contribution in [0.4, 0.5) is 0 Å². The molecule has 0 amide bonds. The van der Waals surface area contributed by atoms with E-state index in [1.807, 2.05) is 0 Å². The molecule has 0 bridgehead atoms. The van der Waals surface area contributed by atoms with Crippen molar-refractivity contribution in [3.63, 3.8) is 0 Å². The van der Waals surface area contributed by atoms with Crippen LogP contribution in [0.1, 0.15) is 0 Å². The first-order chi connectivity index (χ1) is 3.93. The van der Waals surface area contributed by atoms with Crippen LogP contribution in [0.2, 0.25) is 0 Å². The Hall–Kier alpha value is -0.720. The number of nitrogens with zero attached hydrogens (tertiary/aromatic N) is 1. The molecule has 1 rings (SSSR count). The summed E-state index contributed by atoms with van der Waals surface area (Å²) in [6, 6.07) is 0. The van der Waals surface area contributed by atoms with Crippen LogP contribution in [0.15, 0.2) is 11.2 Å². The van der Waals surface area contributed by atoms with E-state index in [-0.39, 0.29) is 0 Å². The van der Waals surface area contributed by atoms with Gasteiger partial charge in [-0.05, 0) is 0 Å². The molecule has 0 saturated heterocycles. The third kappa shape index (κ3) is 1.12. The van der Waals surface area contributed by atoms with Crippen molar-refractivity contribution in [3.05, 3.63) is 12.3 Å². The summed E-state index contributed by atoms with van der Waals surface area (Å²) in [5.74, 6) is 1.19. The molecule has 1 aliphatic rings. The van der Waals surface area contributed by atoms with Crippen LogP contribution in [-0.2, 0) is 0 Å². The van der Waals surface area contributed by atoms with Gasteiger partial charge in [0.1, 0.15) is 5.88 Å². The van der Waals surface area contributed by atoms with E-state index in [1.165, 1.54) is 0 Å². The molecule has 8 heavy (non-hydrogen) atoms. The molecule has 0 radical (unpaired) electrons. The summed E-state index contributed by atoms with van der Waals surface area (Å²) >= 11 is 5.42. The number of alkyl halides is 1. The van der Waals surface area contributed by atoms with Crippen molar-refractivity contribution in [2.75, 3.05) is 5.88 Å². The molecular weight excluding hydrogens is 124 g/mol. The largest absolute Gasteiger partial charge is 0.381 e. The average Bonchev–Trinajstić information content (AvgIpc) is 1.90. The summed E-state index contributed by atoms with van der Waals surface area (Å²) in [5.41, 5.74) is 0. The SMILES string of the molecule is ClCC1=[NH+]C=[C+]C=N1. The third-order valence-electron chi connectivity index (χ3n) is 0.744. The first-order valence-electron chi connectivity index (χ1n) is 2.22. The van der Waals surface area contributed by atoms with Gasteiger partial charge in [0.05, 0.1) is 0 Å². The summed E-state index contributed by atoms with van der Waals surface area (Å²) in [6.07, 6.45) is 5.99. The minimum Gasteiger partial charge on any atom is -0.201 e. The molecule has 0 aromatic carbocycles. The molecule has 0 spiro atoms. The lowest BCUT2D eigenvalue weighted by Gasteiger charge is -1.75. The number of aliphatic imine (C=N–C) groups is 1. The number of rotatable bonds is 1. The van der Waals surface area contributed by atoms with Gasteiger partial charge < -0.3 is 0 Å². The number of allylic oxidation sites excluding steroid dienone is 1. The molecule has 0 aliphatic carbocycles. The van der Waals surface area contributed by atoms with Gasteiger partial charge in [-0.1, -0.05) is 0 Å². The van der Waals surface area contributed by atoms with Gasteiger partial charge in [0.25, 0.3) is 0 Å². The molecule has 40 valence electrons. The maximum absolute atomic E-state index is 5.42. The Bertz CT molecular complexity index is 158. The Morgan fingerprint density at radius 2 is 2.75 bits per heavy atom. The van der Waals surface area contributed by atoms with Crippen molar-refractivity contribution in [2.24, 2.45) is 4.99 Å². The molecular formula is C5H5ClN2+2. The van der Waals surface area contributed by atoms with Crippen molar-refractivity contribution in [2.45, 2.75) is 0 Å². The lowest BCUT2D eigenvalue weighted by atomic mass is 10.5. The van der Waals surface area contributed by atoms with Crippen molar-refractivity contribution in [1.82, 2.24) is 0 Å². The standard InChI is InChI=1S/C5H4ClN2/c6-4-5-7-2-1-3-8-5/h2-3H,4H2/q+1/p+1. The van der Waals surface area contributed by atoms with Crippen LogP contribution in [0.3, 0.4) is 0 Å². The Morgan fingerprint density at radius 1 is 1.88 bits per heavy atom. The van der Waals surface area contributed by atoms with Gasteiger partial charge in [0.2, 0.25) is 0 Å². The topological polar surface area (TPSA) is 26.3 Å². The number of hydrogen-bond acceptors (Lipinski definition) is 1. The molecule has 0 fully saturated rings. The normalized spacial score (nSPS) is 15.4. The number of nitrogens with one attached hydrogen (secondary N) is 1. The molecule has 1 heterocycles. The minimum atomic E-state index is 0.425. The van der Waals surface area contributed by atoms with Crippen molar-refractivity contribution in [1.29, 1.82) is 0 Å². The zero-order valence-electron chi connectivity index (χ0n) is 4.19. The third-order valence-corrected chi connectivity index (χ3v) is 0.997. The highest BCUT2D eigenvalue weighted by Gasteiger charge is 2.09. The quantitative estimate of drug-likeness (QED) is 0.350. The summed E-state index contributed by atoms with van der Waals surface area (Å²) in [4.78, 5) is 6.67. The number of amidine groups is 1. The van der Waals surface area contributed by atoms with E-state index in [0.717, 1.165) is 5.84 Å². The van der Waals surface area contributed by atoms with Crippen LogP contribution < -0.4 is 4.99 Å². The zero-order valence-corrected chi connectivity index (χ0v) is 4.94. The van der Waals surface area contributed by atoms with E-state index in [9.17, 15) is 0 Å². The van der Waals surface area contributed by atoms with Gasteiger partial charge in [-0.25, -0.2) is 4.99 Å². The van der Waals surface area contributed by atoms with Gasteiger partial charge in [0, 0.05) is 4.99 Å². The fraction of sp³-hybridized carbons (Fsp3) is 0.200. The van der Waals surface area contributed by atoms with Gasteiger partial charge in [0.15, 0.2) is 0 Å². The highest BCUT2D eigenvalue weighted by molar-refractivity contribution is 6.28. The lowest BCUT2D eigenvalue weighted by molar-refractivity contribution is -0.375. The molecule has 0 aromatic heterocycles. The average molecular weight is 129 g/mol. The Kier molecular flexibility index (Phi) is 1.73. The predicted octanol–water partition coefficient (Wildman–Crippen LogP) is -0.894. The van der Waals surface area contributed by atoms with Crippen LogP contribution >= 0.6 is 11.6 Å². The highest BCUT2D eigenvalue weighted by atomic mass is 35.5. The second kappa shape index (κ2) is 2.55. The Balaban J connectivity index is 2.68. The minimum absolute atomic E-state index is 0.425. The molecule has 1 N–H and O–H groups in total. The molecule has 0 atom stereocenters. The van der Waals surface area contributed by atoms with Crippen molar-refractivity contribution < 1.29 is 4.99 Å². The van der Waals surface area contributed by atoms with E-state index >= 15 is 0 Å². The molecule has 0 aromatic rings. The summed E-state index contributed by atoms with van der Waals surface area (Å²) in [7, 11) is 0. The number of hydrogen-bond donors (Lipinski definition) is 1. The van der Waals surface area contributed by atoms with E-state index in [2.05, 4.69) is 16.1 Å². The maximum Gasteiger partial charge on any atom is 0.381 e. The smallest absolute Gasteiger partial charge is 0.201 e. The summed E-state index contributed by atoms with van der Waals surface area (Å²) < 4.78 is 0. The van der Waals surface area contributed by atoms with Crippen molar-refractivity contribution in [3.8, 4) is 0 Å². The second-order valence-electron chi connectivity index (χ2n) is 1.29. The molecule has 0 unspecified atom stereocenters. The predicted molar refractivity (Wildman–Crippen MR) is 33.0 cm³/mol. The second-order valence-corrected chi connectivity index (χ2v) is 1.56. The number of halogens is 1. The lowest BCUT2D eigenvalue weighted by Crippen LogP contribution is -2.67. The van der Waals surface area contributed by atoms with Crippen LogP contribution in [-0.4, -0.2) is 17.9 Å². The summed E-state index contributed by atoms with van der Waals surface area (Å²) in [5, 5.41) is 0. The van der Waals surface area contributed by atoms with Crippen LogP contribution in [0, 0.1) is 6.08 Å². The first kappa shape index (κ1) is 5.42. The van der Waals surface area contributed by atoms with Crippen molar-refractivity contribution >= 4 is 23.7 Å². The maximum atomic E-state index is 5.42. The summed E-state index contributed by atoms with van der Waals surface area (Å²) in [6.45, 7) is 0. The van der Waals surface area contributed by atoms with Crippen LogP contribution in [0.5, 0.6) is 0 Å². The monoisotopic (exact) mass is 128 g/mol. The molecule has 0 saturated carbocycles. The van der Waals surface area contributed by atoms with E-state index in [4.69, 9.17) is 11.6 Å². The Labute approximate surface area is 52.6 Å². The molecule has 1 aliphatic heterocycles. The molecule has 2 nitrogen and oxygen atoms in total. The van der Waals surface area contributed by atoms with Gasteiger partial charge in [-0.2, -0.15) is 0 Å². The van der Waals surface area contributed by atoms with Gasteiger partial charge in [-0.3, -0.25) is 0 Å². The van der Waals surface area contributed by atoms with Gasteiger partial charge in [-0.15, -0.1) is 11.6 Å². The zero-order chi connectivity index (χ0) is 5.82. The van der Waals surface area contributed by atoms with E-state index in [1.54, 1.807) is 12.4 Å². The van der Waals surface area contributed by atoms with E-state index < -0.39 is 0 Å². The van der Waals surface area contributed by atoms with Gasteiger partial charge >= 0.3 is 24.3 Å². The van der Waals surface area contributed by atoms with E-state index in [0.29, 0.717) is 5.88 Å². The Morgan fingerprint density at radius 3 is 3.12 bits per heavy atom. The van der Waals surface area contributed by atoms with Crippen LogP contribution in [0.25, 0.3) is 0 Å². The first-order valence-corrected chi connectivity index (χ1v) is 2.75. The fourth-order valence-electron chi connectivity index (χ4n) is 0.388. The molecule has 3 heteroatoms.